The molecule has 0 atom stereocenters. The highest BCUT2D eigenvalue weighted by molar-refractivity contribution is 9.10. The molecule has 0 aromatic carbocycles. The monoisotopic (exact) mass is 465 g/mol. The van der Waals surface area contributed by atoms with Gasteiger partial charge in [-0.1, -0.05) is 44.2 Å². The van der Waals surface area contributed by atoms with Crippen molar-refractivity contribution in [2.45, 2.75) is 20.8 Å². The van der Waals surface area contributed by atoms with Crippen LogP contribution in [0.3, 0.4) is 0 Å². The summed E-state index contributed by atoms with van der Waals surface area (Å²) in [6.45, 7) is 9.20. The Hall–Kier alpha value is -2.71. The first kappa shape index (κ1) is 23.3. The molecule has 148 valence electrons. The van der Waals surface area contributed by atoms with Crippen molar-refractivity contribution in [2.24, 2.45) is 5.73 Å². The van der Waals surface area contributed by atoms with Crippen LogP contribution in [-0.4, -0.2) is 26.6 Å². The fourth-order valence-corrected chi connectivity index (χ4v) is 2.69. The van der Waals surface area contributed by atoms with Gasteiger partial charge in [-0.15, -0.1) is 0 Å². The summed E-state index contributed by atoms with van der Waals surface area (Å²) in [5, 5.41) is 7.17. The molecular weight excluding hydrogens is 446 g/mol. The molecule has 28 heavy (non-hydrogen) atoms. The maximum Gasteiger partial charge on any atom is 0.274 e. The largest absolute Gasteiger partial charge is 0.366 e. The van der Waals surface area contributed by atoms with Crippen molar-refractivity contribution in [3.63, 3.8) is 0 Å². The third-order valence-corrected chi connectivity index (χ3v) is 3.91. The van der Waals surface area contributed by atoms with Crippen LogP contribution in [0.4, 0.5) is 0 Å². The van der Waals surface area contributed by atoms with E-state index in [1.165, 1.54) is 29.1 Å². The highest BCUT2D eigenvalue weighted by Crippen LogP contribution is 2.21. The summed E-state index contributed by atoms with van der Waals surface area (Å²) in [6.07, 6.45) is 5.92. The molecule has 2 amide bonds. The summed E-state index contributed by atoms with van der Waals surface area (Å²) < 4.78 is 1.72. The van der Waals surface area contributed by atoms with Crippen molar-refractivity contribution in [1.29, 1.82) is 0 Å². The van der Waals surface area contributed by atoms with Crippen molar-refractivity contribution in [3.05, 3.63) is 75.8 Å². The number of hydrogen-bond acceptors (Lipinski definition) is 4. The lowest BCUT2D eigenvalue weighted by Gasteiger charge is -2.12. The Morgan fingerprint density at radius 2 is 2.07 bits per heavy atom. The number of hydrogen-bond donors (Lipinski definition) is 2. The number of rotatable bonds is 6. The molecule has 0 saturated heterocycles. The normalized spacial score (nSPS) is 11.3. The van der Waals surface area contributed by atoms with E-state index in [1.54, 1.807) is 25.1 Å². The zero-order chi connectivity index (χ0) is 21.3. The summed E-state index contributed by atoms with van der Waals surface area (Å²) in [5.74, 6) is -0.918. The topological polar surface area (TPSA) is 103 Å². The minimum absolute atomic E-state index is 0.122. The molecule has 0 radical (unpaired) electrons. The van der Waals surface area contributed by atoms with E-state index in [2.05, 4.69) is 37.9 Å². The first-order valence-electron chi connectivity index (χ1n) is 8.36. The standard InChI is InChI=1S/C17H15BrClN5O2.C2H6/c1-3-6-10(15(20)25)12(4-2)22-17(26)13-9-14(18)23-24(13)16-11(19)7-5-8-21-16;1-2/h3-9H,1H2,2H3,(H2,20,25)(H,22,26);1-2H3/b10-6+,12-4+;. The summed E-state index contributed by atoms with van der Waals surface area (Å²) in [7, 11) is 0. The first-order chi connectivity index (χ1) is 13.4. The molecule has 9 heteroatoms. The Morgan fingerprint density at radius 3 is 2.61 bits per heavy atom. The predicted molar refractivity (Wildman–Crippen MR) is 114 cm³/mol. The van der Waals surface area contributed by atoms with Crippen molar-refractivity contribution in [2.75, 3.05) is 0 Å². The van der Waals surface area contributed by atoms with Gasteiger partial charge in [0.05, 0.1) is 10.6 Å². The Morgan fingerprint density at radius 1 is 1.39 bits per heavy atom. The van der Waals surface area contributed by atoms with Gasteiger partial charge in [-0.25, -0.2) is 9.67 Å². The molecule has 0 aliphatic carbocycles. The number of carbonyl (C=O) groups excluding carboxylic acids is 2. The predicted octanol–water partition coefficient (Wildman–Crippen LogP) is 3.94. The number of nitrogens with two attached hydrogens (primary N) is 1. The lowest BCUT2D eigenvalue weighted by molar-refractivity contribution is -0.114. The molecule has 0 saturated carbocycles. The molecule has 7 nitrogen and oxygen atoms in total. The van der Waals surface area contributed by atoms with Crippen LogP contribution in [0.1, 0.15) is 31.3 Å². The number of nitrogens with zero attached hydrogens (tertiary/aromatic N) is 3. The number of allylic oxidation sites excluding steroid dienone is 3. The van der Waals surface area contributed by atoms with Crippen LogP contribution in [0.5, 0.6) is 0 Å². The highest BCUT2D eigenvalue weighted by Gasteiger charge is 2.21. The van der Waals surface area contributed by atoms with E-state index in [-0.39, 0.29) is 17.0 Å². The fraction of sp³-hybridized carbons (Fsp3) is 0.158. The van der Waals surface area contributed by atoms with Gasteiger partial charge in [-0.3, -0.25) is 9.59 Å². The zero-order valence-electron chi connectivity index (χ0n) is 15.7. The van der Waals surface area contributed by atoms with E-state index >= 15 is 0 Å². The van der Waals surface area contributed by atoms with E-state index < -0.39 is 11.8 Å². The second-order valence-electron chi connectivity index (χ2n) is 4.91. The van der Waals surface area contributed by atoms with Crippen LogP contribution in [0.25, 0.3) is 5.82 Å². The molecular formula is C19H21BrClN5O2. The minimum atomic E-state index is -0.694. The SMILES string of the molecule is C=C/C=C(C(N)=O)\C(=C/C)NC(=O)c1cc(Br)nn1-c1ncccc1Cl.CC. The van der Waals surface area contributed by atoms with Crippen LogP contribution in [0.2, 0.25) is 5.02 Å². The van der Waals surface area contributed by atoms with Gasteiger partial charge in [0.25, 0.3) is 11.8 Å². The Bertz CT molecular complexity index is 934. The maximum absolute atomic E-state index is 12.8. The number of aromatic nitrogens is 3. The van der Waals surface area contributed by atoms with Crippen LogP contribution in [0.15, 0.2) is 65.1 Å². The Balaban J connectivity index is 0.00000190. The third kappa shape index (κ3) is 5.64. The molecule has 2 rings (SSSR count). The average Bonchev–Trinajstić information content (AvgIpc) is 3.07. The number of amides is 2. The van der Waals surface area contributed by atoms with E-state index in [0.29, 0.717) is 15.4 Å². The summed E-state index contributed by atoms with van der Waals surface area (Å²) in [6, 6.07) is 4.81. The van der Waals surface area contributed by atoms with Crippen LogP contribution < -0.4 is 11.1 Å². The fourth-order valence-electron chi connectivity index (χ4n) is 2.11. The highest BCUT2D eigenvalue weighted by atomic mass is 79.9. The lowest BCUT2D eigenvalue weighted by atomic mass is 10.1. The molecule has 0 aliphatic rings. The molecule has 2 heterocycles. The average molecular weight is 467 g/mol. The zero-order valence-corrected chi connectivity index (χ0v) is 18.1. The van der Waals surface area contributed by atoms with Gasteiger partial charge >= 0.3 is 0 Å². The molecule has 2 aromatic rings. The molecule has 0 aliphatic heterocycles. The Labute approximate surface area is 177 Å². The first-order valence-corrected chi connectivity index (χ1v) is 9.53. The van der Waals surface area contributed by atoms with Gasteiger partial charge < -0.3 is 11.1 Å². The van der Waals surface area contributed by atoms with Crippen LogP contribution in [-0.2, 0) is 4.79 Å². The van der Waals surface area contributed by atoms with E-state index in [1.807, 2.05) is 13.8 Å². The van der Waals surface area contributed by atoms with Crippen molar-refractivity contribution < 1.29 is 9.59 Å². The number of pyridine rings is 1. The molecule has 0 bridgehead atoms. The molecule has 0 unspecified atom stereocenters. The van der Waals surface area contributed by atoms with Gasteiger partial charge in [0, 0.05) is 18.0 Å². The number of primary amides is 1. The summed E-state index contributed by atoms with van der Waals surface area (Å²) in [4.78, 5) is 28.5. The summed E-state index contributed by atoms with van der Waals surface area (Å²) in [5.41, 5.74) is 5.90. The van der Waals surface area contributed by atoms with E-state index in [4.69, 9.17) is 17.3 Å². The number of nitrogens with one attached hydrogen (secondary N) is 1. The maximum atomic E-state index is 12.8. The van der Waals surface area contributed by atoms with Crippen LogP contribution in [0, 0.1) is 0 Å². The molecule has 0 fully saturated rings. The molecule has 3 N–H and O–H groups in total. The number of halogens is 2. The van der Waals surface area contributed by atoms with Crippen LogP contribution >= 0.6 is 27.5 Å². The van der Waals surface area contributed by atoms with Gasteiger partial charge in [0.15, 0.2) is 5.82 Å². The van der Waals surface area contributed by atoms with Gasteiger partial charge in [-0.2, -0.15) is 5.10 Å². The molecule has 0 spiro atoms. The van der Waals surface area contributed by atoms with E-state index in [0.717, 1.165) is 0 Å². The quantitative estimate of drug-likeness (QED) is 0.497. The second-order valence-corrected chi connectivity index (χ2v) is 6.13. The smallest absolute Gasteiger partial charge is 0.274 e. The van der Waals surface area contributed by atoms with Crippen molar-refractivity contribution >= 4 is 39.3 Å². The van der Waals surface area contributed by atoms with Crippen molar-refractivity contribution in [1.82, 2.24) is 20.1 Å². The lowest BCUT2D eigenvalue weighted by Crippen LogP contribution is -2.30. The van der Waals surface area contributed by atoms with Gasteiger partial charge in [0.2, 0.25) is 0 Å². The second kappa shape index (κ2) is 11.2. The minimum Gasteiger partial charge on any atom is -0.366 e. The van der Waals surface area contributed by atoms with E-state index in [9.17, 15) is 9.59 Å². The summed E-state index contributed by atoms with van der Waals surface area (Å²) >= 11 is 9.39. The van der Waals surface area contributed by atoms with Gasteiger partial charge in [0.1, 0.15) is 10.3 Å². The van der Waals surface area contributed by atoms with Crippen molar-refractivity contribution in [3.8, 4) is 5.82 Å². The Kier molecular flexibility index (Phi) is 9.34. The third-order valence-electron chi connectivity index (χ3n) is 3.23. The number of carbonyl (C=O) groups is 2. The molecule has 2 aromatic heterocycles. The van der Waals surface area contributed by atoms with Gasteiger partial charge in [-0.05, 0) is 41.1 Å².